The number of ether oxygens (including phenoxy) is 1. The quantitative estimate of drug-likeness (QED) is 0.157. The fourth-order valence-electron chi connectivity index (χ4n) is 7.51. The number of nitrogens with zero attached hydrogens (tertiary/aromatic N) is 2. The Bertz CT molecular complexity index is 1380. The van der Waals surface area contributed by atoms with Crippen LogP contribution in [-0.4, -0.2) is 29.9 Å². The van der Waals surface area contributed by atoms with Crippen LogP contribution in [0.5, 0.6) is 5.75 Å². The van der Waals surface area contributed by atoms with Gasteiger partial charge in [-0.3, -0.25) is 25.0 Å². The van der Waals surface area contributed by atoms with Crippen molar-refractivity contribution in [3.05, 3.63) is 66.8 Å². The Hall–Kier alpha value is -3.28. The van der Waals surface area contributed by atoms with Gasteiger partial charge in [0, 0.05) is 6.07 Å². The third-order valence-electron chi connectivity index (χ3n) is 8.64. The number of nitro groups is 1. The number of rotatable bonds is 5. The smallest absolute Gasteiger partial charge is 0.335 e. The van der Waals surface area contributed by atoms with Crippen molar-refractivity contribution in [2.45, 2.75) is 43.9 Å². The van der Waals surface area contributed by atoms with Crippen molar-refractivity contribution in [1.29, 1.82) is 0 Å². The molecular weight excluding hydrogens is 601 g/mol. The number of carbonyl (C=O) groups excluding carboxylic acids is 3. The molecular formula is C28H26IN3O6. The molecule has 38 heavy (non-hydrogen) atoms. The number of methoxy groups -OCH3 is 1. The Morgan fingerprint density at radius 1 is 1.05 bits per heavy atom. The summed E-state index contributed by atoms with van der Waals surface area (Å²) >= 11 is 1.89. The van der Waals surface area contributed by atoms with Gasteiger partial charge < -0.3 is 4.74 Å². The first-order chi connectivity index (χ1) is 18.2. The van der Waals surface area contributed by atoms with Crippen LogP contribution in [0.3, 0.4) is 0 Å². The van der Waals surface area contributed by atoms with Crippen LogP contribution >= 0.6 is 22.6 Å². The van der Waals surface area contributed by atoms with E-state index in [9.17, 15) is 24.5 Å². The molecule has 0 aromatic heterocycles. The molecule has 4 bridgehead atoms. The van der Waals surface area contributed by atoms with E-state index in [1.807, 2.05) is 34.7 Å². The van der Waals surface area contributed by atoms with Gasteiger partial charge in [0.05, 0.1) is 21.3 Å². The van der Waals surface area contributed by atoms with Crippen LogP contribution < -0.4 is 15.0 Å². The molecule has 2 aromatic rings. The van der Waals surface area contributed by atoms with Gasteiger partial charge in [-0.15, -0.1) is 0 Å². The van der Waals surface area contributed by atoms with Crippen molar-refractivity contribution in [2.75, 3.05) is 12.0 Å². The van der Waals surface area contributed by atoms with Crippen LogP contribution in [0.15, 0.2) is 42.0 Å². The minimum atomic E-state index is -0.852. The minimum Gasteiger partial charge on any atom is -0.489 e. The van der Waals surface area contributed by atoms with E-state index < -0.39 is 22.8 Å². The molecule has 1 saturated heterocycles. The molecule has 2 aromatic carbocycles. The highest BCUT2D eigenvalue weighted by Gasteiger charge is 2.51. The SMILES string of the molecule is COc1c(I)cc(/C=C2\C(=O)NC(=O)N(c3ccc(C45CC6CC(CC(C6)C4)C5)cc3)C2=O)cc1[N+](=O)[O-]. The summed E-state index contributed by atoms with van der Waals surface area (Å²) in [4.78, 5) is 50.6. The van der Waals surface area contributed by atoms with E-state index in [1.54, 1.807) is 18.2 Å². The van der Waals surface area contributed by atoms with Crippen LogP contribution in [0, 0.1) is 31.4 Å². The van der Waals surface area contributed by atoms with Crippen LogP contribution in [0.4, 0.5) is 16.2 Å². The molecule has 9 nitrogen and oxygen atoms in total. The van der Waals surface area contributed by atoms with Crippen molar-refractivity contribution in [3.63, 3.8) is 0 Å². The monoisotopic (exact) mass is 627 g/mol. The lowest BCUT2D eigenvalue weighted by Gasteiger charge is -2.57. The number of nitrogens with one attached hydrogen (secondary N) is 1. The average molecular weight is 627 g/mol. The van der Waals surface area contributed by atoms with E-state index in [0.29, 0.717) is 9.26 Å². The first kappa shape index (κ1) is 25.0. The van der Waals surface area contributed by atoms with Gasteiger partial charge in [-0.2, -0.15) is 0 Å². The summed E-state index contributed by atoms with van der Waals surface area (Å²) < 4.78 is 5.58. The second kappa shape index (κ2) is 9.18. The van der Waals surface area contributed by atoms with Crippen molar-refractivity contribution in [1.82, 2.24) is 5.32 Å². The van der Waals surface area contributed by atoms with Crippen LogP contribution in [0.1, 0.15) is 49.7 Å². The zero-order valence-corrected chi connectivity index (χ0v) is 22.9. The molecule has 0 unspecified atom stereocenters. The number of benzene rings is 2. The van der Waals surface area contributed by atoms with Gasteiger partial charge in [-0.1, -0.05) is 12.1 Å². The Labute approximate surface area is 232 Å². The highest BCUT2D eigenvalue weighted by Crippen LogP contribution is 2.60. The Kier molecular flexibility index (Phi) is 6.04. The lowest BCUT2D eigenvalue weighted by molar-refractivity contribution is -0.385. The summed E-state index contributed by atoms with van der Waals surface area (Å²) in [6.07, 6.45) is 8.91. The molecule has 7 rings (SSSR count). The standard InChI is InChI=1S/C28H26IN3O6/c1-38-24-22(29)10-15(11-23(24)32(36)37)9-21-25(33)30-27(35)31(26(21)34)20-4-2-19(3-5-20)28-12-16-6-17(13-28)8-18(7-16)14-28/h2-5,9-11,16-18H,6-8,12-14H2,1H3,(H,30,33,35)/b21-9+. The van der Waals surface area contributed by atoms with Crippen LogP contribution in [0.25, 0.3) is 6.08 Å². The zero-order valence-electron chi connectivity index (χ0n) is 20.7. The molecule has 4 amide bonds. The molecule has 4 aliphatic carbocycles. The summed E-state index contributed by atoms with van der Waals surface area (Å²) in [6.45, 7) is 0. The predicted octanol–water partition coefficient (Wildman–Crippen LogP) is 5.34. The summed E-state index contributed by atoms with van der Waals surface area (Å²) in [6, 6.07) is 9.59. The highest BCUT2D eigenvalue weighted by molar-refractivity contribution is 14.1. The molecule has 1 heterocycles. The number of amides is 4. The van der Waals surface area contributed by atoms with E-state index in [-0.39, 0.29) is 28.0 Å². The largest absolute Gasteiger partial charge is 0.489 e. The normalized spacial score (nSPS) is 29.1. The van der Waals surface area contributed by atoms with Crippen LogP contribution in [-0.2, 0) is 15.0 Å². The number of halogens is 1. The predicted molar refractivity (Wildman–Crippen MR) is 148 cm³/mol. The fourth-order valence-corrected chi connectivity index (χ4v) is 8.36. The topological polar surface area (TPSA) is 119 Å². The number of urea groups is 1. The second-order valence-electron chi connectivity index (χ2n) is 11.0. The molecule has 0 spiro atoms. The van der Waals surface area contributed by atoms with Crippen molar-refractivity contribution >= 4 is 57.9 Å². The Morgan fingerprint density at radius 3 is 2.21 bits per heavy atom. The van der Waals surface area contributed by atoms with Gasteiger partial charge in [0.15, 0.2) is 0 Å². The van der Waals surface area contributed by atoms with Gasteiger partial charge in [0.25, 0.3) is 11.8 Å². The van der Waals surface area contributed by atoms with Crippen molar-refractivity contribution < 1.29 is 24.0 Å². The van der Waals surface area contributed by atoms with E-state index in [2.05, 4.69) is 5.32 Å². The number of barbiturate groups is 1. The van der Waals surface area contributed by atoms with E-state index in [1.165, 1.54) is 63.3 Å². The van der Waals surface area contributed by atoms with Gasteiger partial charge in [0.2, 0.25) is 5.75 Å². The third-order valence-corrected chi connectivity index (χ3v) is 9.44. The number of anilines is 1. The maximum Gasteiger partial charge on any atom is 0.335 e. The molecule has 0 atom stereocenters. The Balaban J connectivity index is 1.31. The summed E-state index contributed by atoms with van der Waals surface area (Å²) in [5.74, 6) is 0.848. The summed E-state index contributed by atoms with van der Waals surface area (Å²) in [7, 11) is 1.33. The summed E-state index contributed by atoms with van der Waals surface area (Å²) in [5, 5.41) is 13.7. The van der Waals surface area contributed by atoms with Gasteiger partial charge in [0.1, 0.15) is 5.57 Å². The van der Waals surface area contributed by atoms with E-state index in [0.717, 1.165) is 22.7 Å². The van der Waals surface area contributed by atoms with E-state index >= 15 is 0 Å². The second-order valence-corrected chi connectivity index (χ2v) is 12.2. The molecule has 10 heteroatoms. The van der Waals surface area contributed by atoms with Gasteiger partial charge in [-0.25, -0.2) is 9.69 Å². The fraction of sp³-hybridized carbons (Fsp3) is 0.393. The lowest BCUT2D eigenvalue weighted by Crippen LogP contribution is -2.54. The number of nitro benzene ring substituents is 1. The average Bonchev–Trinajstić information content (AvgIpc) is 2.85. The van der Waals surface area contributed by atoms with Crippen LogP contribution in [0.2, 0.25) is 0 Å². The third kappa shape index (κ3) is 4.09. The molecule has 1 aliphatic heterocycles. The maximum atomic E-state index is 13.4. The van der Waals surface area contributed by atoms with Crippen molar-refractivity contribution in [3.8, 4) is 5.75 Å². The number of carbonyl (C=O) groups is 3. The first-order valence-electron chi connectivity index (χ1n) is 12.7. The molecule has 1 N–H and O–H groups in total. The molecule has 5 aliphatic rings. The minimum absolute atomic E-state index is 0.0908. The maximum absolute atomic E-state index is 13.4. The van der Waals surface area contributed by atoms with Crippen molar-refractivity contribution in [2.24, 2.45) is 17.8 Å². The zero-order chi connectivity index (χ0) is 26.8. The number of imide groups is 2. The van der Waals surface area contributed by atoms with Gasteiger partial charge in [-0.05, 0) is 120 Å². The number of hydrogen-bond donors (Lipinski definition) is 1. The highest BCUT2D eigenvalue weighted by atomic mass is 127. The lowest BCUT2D eigenvalue weighted by atomic mass is 9.48. The molecule has 4 saturated carbocycles. The first-order valence-corrected chi connectivity index (χ1v) is 13.8. The summed E-state index contributed by atoms with van der Waals surface area (Å²) in [5.41, 5.74) is 1.51. The van der Waals surface area contributed by atoms with E-state index in [4.69, 9.17) is 4.74 Å². The molecule has 0 radical (unpaired) electrons. The Morgan fingerprint density at radius 2 is 1.66 bits per heavy atom. The molecule has 196 valence electrons. The number of hydrogen-bond acceptors (Lipinski definition) is 6. The van der Waals surface area contributed by atoms with Gasteiger partial charge >= 0.3 is 11.7 Å². The molecule has 5 fully saturated rings.